The largest absolute Gasteiger partial charge is 0.447 e. The molecule has 4 rings (SSSR count). The third kappa shape index (κ3) is 3.29. The predicted molar refractivity (Wildman–Crippen MR) is 109 cm³/mol. The Bertz CT molecular complexity index is 948. The van der Waals surface area contributed by atoms with Crippen molar-refractivity contribution in [2.24, 2.45) is 0 Å². The molecule has 0 aliphatic carbocycles. The maximum absolute atomic E-state index is 13.5. The number of nitrogens with one attached hydrogen (secondary N) is 1. The molecule has 1 aliphatic rings. The summed E-state index contributed by atoms with van der Waals surface area (Å²) in [5.41, 5.74) is 4.42. The fraction of sp³-hybridized carbons (Fsp3) is 0.0909. The lowest BCUT2D eigenvalue weighted by molar-refractivity contribution is -0.136. The maximum Gasteiger partial charge on any atom is 0.298 e. The van der Waals surface area contributed by atoms with Gasteiger partial charge in [0.15, 0.2) is 0 Å². The number of benzene rings is 3. The van der Waals surface area contributed by atoms with E-state index in [4.69, 9.17) is 17.0 Å². The number of carbonyl (C=O) groups is 1. The van der Waals surface area contributed by atoms with Crippen LogP contribution in [0.2, 0.25) is 0 Å². The van der Waals surface area contributed by atoms with Crippen LogP contribution in [0.3, 0.4) is 0 Å². The molecule has 1 fully saturated rings. The van der Waals surface area contributed by atoms with Gasteiger partial charge in [0.05, 0.1) is 5.69 Å². The van der Waals surface area contributed by atoms with E-state index in [0.29, 0.717) is 6.42 Å². The fourth-order valence-corrected chi connectivity index (χ4v) is 3.50. The van der Waals surface area contributed by atoms with E-state index in [1.165, 1.54) is 5.01 Å². The summed E-state index contributed by atoms with van der Waals surface area (Å²) in [5, 5.41) is 1.43. The molecule has 1 unspecified atom stereocenters. The lowest BCUT2D eigenvalue weighted by atomic mass is 9.86. The minimum absolute atomic E-state index is 0.114. The Morgan fingerprint density at radius 2 is 1.41 bits per heavy atom. The molecular weight excluding hydrogens is 356 g/mol. The normalized spacial score (nSPS) is 19.0. The van der Waals surface area contributed by atoms with Crippen molar-refractivity contribution in [3.8, 4) is 0 Å². The highest BCUT2D eigenvalue weighted by Crippen LogP contribution is 2.38. The number of nitrogens with zero attached hydrogens (tertiary/aromatic N) is 1. The zero-order valence-electron chi connectivity index (χ0n) is 14.5. The quantitative estimate of drug-likeness (QED) is 0.676. The zero-order valence-corrected chi connectivity index (χ0v) is 15.4. The van der Waals surface area contributed by atoms with Crippen LogP contribution in [0.4, 0.5) is 5.69 Å². The maximum atomic E-state index is 13.5. The highest BCUT2D eigenvalue weighted by atomic mass is 32.1. The molecular formula is C22H18N2O2S. The monoisotopic (exact) mass is 374 g/mol. The Morgan fingerprint density at radius 3 is 2.04 bits per heavy atom. The van der Waals surface area contributed by atoms with Crippen LogP contribution >= 0.6 is 12.2 Å². The minimum atomic E-state index is -1.19. The second kappa shape index (κ2) is 7.21. The molecule has 0 radical (unpaired) electrons. The summed E-state index contributed by atoms with van der Waals surface area (Å²) in [4.78, 5) is 13.5. The molecule has 1 heterocycles. The number of ether oxygens (including phenoxy) is 1. The second-order valence-corrected chi connectivity index (χ2v) is 6.69. The number of anilines is 1. The lowest BCUT2D eigenvalue weighted by Gasteiger charge is -2.26. The van der Waals surface area contributed by atoms with Gasteiger partial charge < -0.3 is 4.74 Å². The molecule has 1 amide bonds. The van der Waals surface area contributed by atoms with Gasteiger partial charge in [-0.05, 0) is 29.9 Å². The van der Waals surface area contributed by atoms with Gasteiger partial charge in [0.1, 0.15) is 0 Å². The van der Waals surface area contributed by atoms with Gasteiger partial charge in [-0.15, -0.1) is 0 Å². The SMILES string of the molecule is O=C1N(Nc2ccccc2)C(=S)OC1(Cc1ccccc1)c1ccccc1. The number of thiocarbonyl (C=S) groups is 1. The Hall–Kier alpha value is -3.18. The summed E-state index contributed by atoms with van der Waals surface area (Å²) in [6.07, 6.45) is 0.393. The third-order valence-corrected chi connectivity index (χ3v) is 4.81. The number of carbonyl (C=O) groups excluding carboxylic acids is 1. The van der Waals surface area contributed by atoms with Crippen molar-refractivity contribution >= 4 is 29.0 Å². The minimum Gasteiger partial charge on any atom is -0.447 e. The molecule has 4 nitrogen and oxygen atoms in total. The van der Waals surface area contributed by atoms with E-state index in [2.05, 4.69) is 5.43 Å². The van der Waals surface area contributed by atoms with Crippen molar-refractivity contribution in [3.05, 3.63) is 102 Å². The molecule has 5 heteroatoms. The molecule has 1 N–H and O–H groups in total. The van der Waals surface area contributed by atoms with Crippen molar-refractivity contribution < 1.29 is 9.53 Å². The van der Waals surface area contributed by atoms with Crippen LogP contribution in [-0.2, 0) is 21.6 Å². The smallest absolute Gasteiger partial charge is 0.298 e. The Labute approximate surface area is 163 Å². The van der Waals surface area contributed by atoms with E-state index < -0.39 is 5.60 Å². The first-order valence-electron chi connectivity index (χ1n) is 8.68. The molecule has 0 spiro atoms. The summed E-state index contributed by atoms with van der Waals surface area (Å²) >= 11 is 5.40. The summed E-state index contributed by atoms with van der Waals surface area (Å²) in [5.74, 6) is -0.230. The van der Waals surface area contributed by atoms with E-state index in [0.717, 1.165) is 16.8 Å². The molecule has 3 aromatic carbocycles. The van der Waals surface area contributed by atoms with E-state index in [1.54, 1.807) is 0 Å². The van der Waals surface area contributed by atoms with Crippen LogP contribution < -0.4 is 5.43 Å². The van der Waals surface area contributed by atoms with Crippen molar-refractivity contribution in [1.82, 2.24) is 5.01 Å². The molecule has 1 atom stereocenters. The molecule has 0 bridgehead atoms. The standard InChI is InChI=1S/C22H18N2O2S/c25-20-22(18-12-6-2-7-13-18,16-17-10-4-1-5-11-17)26-21(27)24(20)23-19-14-8-3-9-15-19/h1-15,23H,16H2. The second-order valence-electron chi connectivity index (χ2n) is 6.34. The van der Waals surface area contributed by atoms with E-state index >= 15 is 0 Å². The van der Waals surface area contributed by atoms with Gasteiger partial charge in [-0.25, -0.2) is 0 Å². The number of rotatable bonds is 5. The van der Waals surface area contributed by atoms with Gasteiger partial charge in [0, 0.05) is 12.0 Å². The Morgan fingerprint density at radius 1 is 0.852 bits per heavy atom. The van der Waals surface area contributed by atoms with Gasteiger partial charge >= 0.3 is 0 Å². The van der Waals surface area contributed by atoms with Gasteiger partial charge in [-0.3, -0.25) is 10.2 Å². The van der Waals surface area contributed by atoms with Crippen LogP contribution in [-0.4, -0.2) is 16.1 Å². The highest BCUT2D eigenvalue weighted by Gasteiger charge is 2.53. The topological polar surface area (TPSA) is 41.6 Å². The van der Waals surface area contributed by atoms with E-state index in [-0.39, 0.29) is 11.1 Å². The van der Waals surface area contributed by atoms with Crippen molar-refractivity contribution in [1.29, 1.82) is 0 Å². The summed E-state index contributed by atoms with van der Waals surface area (Å²) in [6.45, 7) is 0. The average Bonchev–Trinajstić information content (AvgIpc) is 2.95. The molecule has 3 aromatic rings. The number of hydrazine groups is 1. The van der Waals surface area contributed by atoms with Crippen molar-refractivity contribution in [2.45, 2.75) is 12.0 Å². The van der Waals surface area contributed by atoms with Crippen LogP contribution in [0.1, 0.15) is 11.1 Å². The Balaban J connectivity index is 1.73. The van der Waals surface area contributed by atoms with Crippen LogP contribution in [0.25, 0.3) is 0 Å². The lowest BCUT2D eigenvalue weighted by Crippen LogP contribution is -2.42. The molecule has 27 heavy (non-hydrogen) atoms. The van der Waals surface area contributed by atoms with Gasteiger partial charge in [0.2, 0.25) is 5.60 Å². The molecule has 0 aromatic heterocycles. The first-order valence-corrected chi connectivity index (χ1v) is 9.08. The zero-order chi connectivity index (χ0) is 18.7. The van der Waals surface area contributed by atoms with Crippen LogP contribution in [0.5, 0.6) is 0 Å². The molecule has 134 valence electrons. The van der Waals surface area contributed by atoms with Gasteiger partial charge in [-0.2, -0.15) is 5.01 Å². The first kappa shape index (κ1) is 17.2. The van der Waals surface area contributed by atoms with Crippen molar-refractivity contribution in [2.75, 3.05) is 5.43 Å². The highest BCUT2D eigenvalue weighted by molar-refractivity contribution is 7.80. The Kier molecular flexibility index (Phi) is 4.60. The average molecular weight is 374 g/mol. The van der Waals surface area contributed by atoms with Crippen LogP contribution in [0, 0.1) is 0 Å². The molecule has 1 aliphatic heterocycles. The molecule has 0 saturated carbocycles. The van der Waals surface area contributed by atoms with Gasteiger partial charge in [-0.1, -0.05) is 78.9 Å². The van der Waals surface area contributed by atoms with E-state index in [1.807, 2.05) is 91.0 Å². The number of para-hydroxylation sites is 1. The number of hydrogen-bond donors (Lipinski definition) is 1. The first-order chi connectivity index (χ1) is 13.2. The van der Waals surface area contributed by atoms with Gasteiger partial charge in [0.25, 0.3) is 11.1 Å². The third-order valence-electron chi connectivity index (χ3n) is 4.54. The summed E-state index contributed by atoms with van der Waals surface area (Å²) in [7, 11) is 0. The summed E-state index contributed by atoms with van der Waals surface area (Å²) < 4.78 is 6.08. The fourth-order valence-electron chi connectivity index (χ4n) is 3.23. The van der Waals surface area contributed by atoms with Crippen molar-refractivity contribution in [3.63, 3.8) is 0 Å². The summed E-state index contributed by atoms with van der Waals surface area (Å²) in [6, 6.07) is 28.8. The predicted octanol–water partition coefficient (Wildman–Crippen LogP) is 4.30. The number of hydrogen-bond acceptors (Lipinski definition) is 4. The van der Waals surface area contributed by atoms with E-state index in [9.17, 15) is 4.79 Å². The number of amides is 1. The van der Waals surface area contributed by atoms with Crippen LogP contribution in [0.15, 0.2) is 91.0 Å². The molecule has 1 saturated heterocycles.